The Morgan fingerprint density at radius 1 is 1.35 bits per heavy atom. The standard InChI is InChI=1S/C13H16N2O2/c1-10(16)14(2)12-8-9-15(13(12)17)11-6-4-3-5-7-11/h3-7,12H,8-9H2,1-2H3. The topological polar surface area (TPSA) is 40.6 Å². The van der Waals surface area contributed by atoms with Crippen LogP contribution in [0.4, 0.5) is 5.69 Å². The average molecular weight is 232 g/mol. The number of amides is 2. The van der Waals surface area contributed by atoms with Crippen LogP contribution < -0.4 is 4.90 Å². The normalized spacial score (nSPS) is 19.5. The van der Waals surface area contributed by atoms with E-state index in [1.165, 1.54) is 11.8 Å². The number of nitrogens with zero attached hydrogens (tertiary/aromatic N) is 2. The summed E-state index contributed by atoms with van der Waals surface area (Å²) in [5, 5.41) is 0. The molecule has 2 rings (SSSR count). The van der Waals surface area contributed by atoms with Crippen molar-refractivity contribution in [3.8, 4) is 0 Å². The van der Waals surface area contributed by atoms with Gasteiger partial charge in [0.05, 0.1) is 0 Å². The summed E-state index contributed by atoms with van der Waals surface area (Å²) in [6.45, 7) is 2.16. The number of para-hydroxylation sites is 1. The molecule has 1 atom stereocenters. The first-order valence-corrected chi connectivity index (χ1v) is 5.71. The average Bonchev–Trinajstić information content (AvgIpc) is 2.71. The van der Waals surface area contributed by atoms with E-state index in [0.717, 1.165) is 5.69 Å². The van der Waals surface area contributed by atoms with Gasteiger partial charge in [0.25, 0.3) is 0 Å². The van der Waals surface area contributed by atoms with Gasteiger partial charge in [-0.1, -0.05) is 18.2 Å². The summed E-state index contributed by atoms with van der Waals surface area (Å²) in [6, 6.07) is 9.24. The Morgan fingerprint density at radius 3 is 2.59 bits per heavy atom. The highest BCUT2D eigenvalue weighted by Gasteiger charge is 2.36. The molecule has 1 aliphatic heterocycles. The van der Waals surface area contributed by atoms with Crippen molar-refractivity contribution in [2.75, 3.05) is 18.5 Å². The van der Waals surface area contributed by atoms with Gasteiger partial charge in [0.1, 0.15) is 6.04 Å². The van der Waals surface area contributed by atoms with Gasteiger partial charge in [0, 0.05) is 26.2 Å². The van der Waals surface area contributed by atoms with Crippen molar-refractivity contribution in [3.05, 3.63) is 30.3 Å². The Morgan fingerprint density at radius 2 is 2.00 bits per heavy atom. The van der Waals surface area contributed by atoms with E-state index < -0.39 is 0 Å². The van der Waals surface area contributed by atoms with Crippen LogP contribution in [-0.4, -0.2) is 36.3 Å². The summed E-state index contributed by atoms with van der Waals surface area (Å²) in [6.07, 6.45) is 0.698. The molecule has 1 aromatic rings. The van der Waals surface area contributed by atoms with Crippen molar-refractivity contribution in [2.24, 2.45) is 0 Å². The van der Waals surface area contributed by atoms with Gasteiger partial charge < -0.3 is 9.80 Å². The second-order valence-corrected chi connectivity index (χ2v) is 4.26. The number of carbonyl (C=O) groups is 2. The van der Waals surface area contributed by atoms with Crippen molar-refractivity contribution in [3.63, 3.8) is 0 Å². The largest absolute Gasteiger partial charge is 0.334 e. The van der Waals surface area contributed by atoms with Crippen molar-refractivity contribution in [1.29, 1.82) is 0 Å². The van der Waals surface area contributed by atoms with E-state index in [1.54, 1.807) is 11.9 Å². The zero-order chi connectivity index (χ0) is 12.4. The fourth-order valence-electron chi connectivity index (χ4n) is 2.11. The Hall–Kier alpha value is -1.84. The van der Waals surface area contributed by atoms with Crippen LogP contribution in [0.5, 0.6) is 0 Å². The van der Waals surface area contributed by atoms with Crippen LogP contribution in [0.3, 0.4) is 0 Å². The lowest BCUT2D eigenvalue weighted by Gasteiger charge is -2.22. The van der Waals surface area contributed by atoms with E-state index in [-0.39, 0.29) is 17.9 Å². The molecule has 0 radical (unpaired) electrons. The summed E-state index contributed by atoms with van der Waals surface area (Å²) in [5.41, 5.74) is 0.900. The molecule has 0 aromatic heterocycles. The highest BCUT2D eigenvalue weighted by Crippen LogP contribution is 2.23. The summed E-state index contributed by atoms with van der Waals surface area (Å²) < 4.78 is 0. The van der Waals surface area contributed by atoms with Gasteiger partial charge in [-0.3, -0.25) is 9.59 Å². The van der Waals surface area contributed by atoms with Gasteiger partial charge in [-0.05, 0) is 18.6 Å². The Kier molecular flexibility index (Phi) is 3.13. The lowest BCUT2D eigenvalue weighted by Crippen LogP contribution is -2.41. The number of hydrogen-bond acceptors (Lipinski definition) is 2. The third-order valence-corrected chi connectivity index (χ3v) is 3.21. The number of benzene rings is 1. The molecular weight excluding hydrogens is 216 g/mol. The lowest BCUT2D eigenvalue weighted by molar-refractivity contribution is -0.134. The van der Waals surface area contributed by atoms with Crippen molar-refractivity contribution < 1.29 is 9.59 Å². The maximum Gasteiger partial charge on any atom is 0.249 e. The summed E-state index contributed by atoms with van der Waals surface area (Å²) >= 11 is 0. The first kappa shape index (κ1) is 11.6. The summed E-state index contributed by atoms with van der Waals surface area (Å²) in [5.74, 6) is -0.0628. The highest BCUT2D eigenvalue weighted by molar-refractivity contribution is 6.01. The van der Waals surface area contributed by atoms with Crippen LogP contribution in [0.25, 0.3) is 0 Å². The van der Waals surface area contributed by atoms with Crippen LogP contribution in [0.1, 0.15) is 13.3 Å². The van der Waals surface area contributed by atoms with Crippen molar-refractivity contribution >= 4 is 17.5 Å². The summed E-state index contributed by atoms with van der Waals surface area (Å²) in [7, 11) is 1.68. The van der Waals surface area contributed by atoms with Gasteiger partial charge in [-0.25, -0.2) is 0 Å². The molecule has 1 heterocycles. The number of likely N-dealkylation sites (N-methyl/N-ethyl adjacent to an activating group) is 1. The molecular formula is C13H16N2O2. The molecule has 0 aliphatic carbocycles. The van der Waals surface area contributed by atoms with Gasteiger partial charge in [0.15, 0.2) is 0 Å². The number of hydrogen-bond donors (Lipinski definition) is 0. The van der Waals surface area contributed by atoms with E-state index in [4.69, 9.17) is 0 Å². The van der Waals surface area contributed by atoms with Crippen LogP contribution in [0.2, 0.25) is 0 Å². The van der Waals surface area contributed by atoms with E-state index >= 15 is 0 Å². The molecule has 1 aliphatic rings. The van der Waals surface area contributed by atoms with Crippen LogP contribution >= 0.6 is 0 Å². The first-order valence-electron chi connectivity index (χ1n) is 5.71. The lowest BCUT2D eigenvalue weighted by atomic mass is 10.2. The smallest absolute Gasteiger partial charge is 0.249 e. The molecule has 0 spiro atoms. The Balaban J connectivity index is 2.16. The van der Waals surface area contributed by atoms with Crippen LogP contribution in [-0.2, 0) is 9.59 Å². The molecule has 1 fully saturated rings. The number of carbonyl (C=O) groups excluding carboxylic acids is 2. The fraction of sp³-hybridized carbons (Fsp3) is 0.385. The van der Waals surface area contributed by atoms with Crippen molar-refractivity contribution in [1.82, 2.24) is 4.90 Å². The molecule has 1 aromatic carbocycles. The third-order valence-electron chi connectivity index (χ3n) is 3.21. The van der Waals surface area contributed by atoms with Gasteiger partial charge in [-0.2, -0.15) is 0 Å². The van der Waals surface area contributed by atoms with Gasteiger partial charge in [-0.15, -0.1) is 0 Å². The second kappa shape index (κ2) is 4.57. The predicted molar refractivity (Wildman–Crippen MR) is 65.6 cm³/mol. The van der Waals surface area contributed by atoms with Gasteiger partial charge >= 0.3 is 0 Å². The maximum absolute atomic E-state index is 12.2. The molecule has 17 heavy (non-hydrogen) atoms. The van der Waals surface area contributed by atoms with E-state index in [0.29, 0.717) is 13.0 Å². The van der Waals surface area contributed by atoms with E-state index in [2.05, 4.69) is 0 Å². The van der Waals surface area contributed by atoms with E-state index in [9.17, 15) is 9.59 Å². The zero-order valence-corrected chi connectivity index (χ0v) is 10.1. The molecule has 2 amide bonds. The number of rotatable bonds is 2. The maximum atomic E-state index is 12.2. The monoisotopic (exact) mass is 232 g/mol. The molecule has 1 saturated heterocycles. The van der Waals surface area contributed by atoms with Crippen LogP contribution in [0.15, 0.2) is 30.3 Å². The summed E-state index contributed by atoms with van der Waals surface area (Å²) in [4.78, 5) is 26.7. The van der Waals surface area contributed by atoms with Crippen molar-refractivity contribution in [2.45, 2.75) is 19.4 Å². The first-order chi connectivity index (χ1) is 8.11. The fourth-order valence-corrected chi connectivity index (χ4v) is 2.11. The predicted octanol–water partition coefficient (Wildman–Crippen LogP) is 1.27. The minimum atomic E-state index is -0.312. The number of anilines is 1. The second-order valence-electron chi connectivity index (χ2n) is 4.26. The molecule has 0 saturated carbocycles. The minimum Gasteiger partial charge on any atom is -0.334 e. The van der Waals surface area contributed by atoms with E-state index in [1.807, 2.05) is 30.3 Å². The molecule has 90 valence electrons. The SMILES string of the molecule is CC(=O)N(C)C1CCN(c2ccccc2)C1=O. The minimum absolute atomic E-state index is 0.00824. The van der Waals surface area contributed by atoms with Crippen LogP contribution in [0, 0.1) is 0 Å². The highest BCUT2D eigenvalue weighted by atomic mass is 16.2. The van der Waals surface area contributed by atoms with Gasteiger partial charge in [0.2, 0.25) is 11.8 Å². The third kappa shape index (κ3) is 2.16. The molecule has 0 bridgehead atoms. The quantitative estimate of drug-likeness (QED) is 0.770. The molecule has 1 unspecified atom stereocenters. The Labute approximate surface area is 101 Å². The zero-order valence-electron chi connectivity index (χ0n) is 10.1. The molecule has 0 N–H and O–H groups in total. The Bertz CT molecular complexity index is 430. The molecule has 4 nitrogen and oxygen atoms in total. The molecule has 4 heteroatoms.